The van der Waals surface area contributed by atoms with Crippen LogP contribution in [0.1, 0.15) is 36.5 Å². The average molecular weight is 479 g/mol. The minimum atomic E-state index is -0.584. The highest BCUT2D eigenvalue weighted by molar-refractivity contribution is 5.89. The van der Waals surface area contributed by atoms with E-state index in [2.05, 4.69) is 29.6 Å². The molecule has 0 aliphatic rings. The van der Waals surface area contributed by atoms with Gasteiger partial charge in [0.25, 0.3) is 0 Å². The molecule has 0 fully saturated rings. The topological polar surface area (TPSA) is 49.4 Å². The van der Waals surface area contributed by atoms with E-state index in [0.29, 0.717) is 32.4 Å². The van der Waals surface area contributed by atoms with E-state index in [1.807, 2.05) is 85.8 Å². The maximum Gasteiger partial charge on any atom is 0.243 e. The molecule has 0 heterocycles. The Kier molecular flexibility index (Phi) is 8.87. The van der Waals surface area contributed by atoms with Gasteiger partial charge in [-0.25, -0.2) is 0 Å². The van der Waals surface area contributed by atoms with Crippen molar-refractivity contribution in [2.75, 3.05) is 6.54 Å². The van der Waals surface area contributed by atoms with Gasteiger partial charge in [-0.1, -0.05) is 110 Å². The van der Waals surface area contributed by atoms with Crippen LogP contribution >= 0.6 is 0 Å². The zero-order valence-electron chi connectivity index (χ0n) is 20.9. The molecule has 4 aromatic rings. The Morgan fingerprint density at radius 1 is 0.778 bits per heavy atom. The second-order valence-corrected chi connectivity index (χ2v) is 9.14. The number of carbonyl (C=O) groups is 2. The minimum Gasteiger partial charge on any atom is -0.354 e. The molecule has 1 N–H and O–H groups in total. The first-order valence-electron chi connectivity index (χ1n) is 12.8. The summed E-state index contributed by atoms with van der Waals surface area (Å²) in [5, 5.41) is 5.38. The van der Waals surface area contributed by atoms with E-state index in [0.717, 1.165) is 23.1 Å². The fraction of sp³-hybridized carbons (Fsp3) is 0.250. The molecule has 0 aromatic heterocycles. The Hall–Kier alpha value is -3.92. The van der Waals surface area contributed by atoms with Crippen molar-refractivity contribution in [2.24, 2.45) is 0 Å². The summed E-state index contributed by atoms with van der Waals surface area (Å²) in [6.45, 7) is 3.02. The van der Waals surface area contributed by atoms with Crippen LogP contribution in [0.25, 0.3) is 10.8 Å². The number of nitrogens with zero attached hydrogens (tertiary/aromatic N) is 1. The molecule has 0 spiro atoms. The summed E-state index contributed by atoms with van der Waals surface area (Å²) in [6.07, 6.45) is 2.29. The van der Waals surface area contributed by atoms with Crippen LogP contribution in [0, 0.1) is 0 Å². The number of hydrogen-bond acceptors (Lipinski definition) is 2. The zero-order valence-corrected chi connectivity index (χ0v) is 20.9. The number of benzene rings is 4. The van der Waals surface area contributed by atoms with Crippen molar-refractivity contribution in [1.29, 1.82) is 0 Å². The van der Waals surface area contributed by atoms with Gasteiger partial charge in [0.2, 0.25) is 11.8 Å². The molecular weight excluding hydrogens is 444 g/mol. The molecule has 2 amide bonds. The second kappa shape index (κ2) is 12.7. The number of rotatable bonds is 11. The van der Waals surface area contributed by atoms with Crippen molar-refractivity contribution in [3.8, 4) is 0 Å². The van der Waals surface area contributed by atoms with Crippen molar-refractivity contribution in [2.45, 2.75) is 45.2 Å². The van der Waals surface area contributed by atoms with Gasteiger partial charge in [0.05, 0.1) is 0 Å². The van der Waals surface area contributed by atoms with E-state index >= 15 is 0 Å². The third-order valence-corrected chi connectivity index (χ3v) is 6.50. The molecule has 1 atom stereocenters. The zero-order chi connectivity index (χ0) is 25.2. The van der Waals surface area contributed by atoms with Crippen molar-refractivity contribution < 1.29 is 9.59 Å². The summed E-state index contributed by atoms with van der Waals surface area (Å²) >= 11 is 0. The summed E-state index contributed by atoms with van der Waals surface area (Å²) in [5.74, 6) is -0.116. The predicted octanol–water partition coefficient (Wildman–Crippen LogP) is 5.94. The van der Waals surface area contributed by atoms with Crippen LogP contribution in [0.15, 0.2) is 103 Å². The molecule has 0 radical (unpaired) electrons. The lowest BCUT2D eigenvalue weighted by molar-refractivity contribution is -0.141. The van der Waals surface area contributed by atoms with E-state index in [9.17, 15) is 9.59 Å². The summed E-state index contributed by atoms with van der Waals surface area (Å²) in [4.78, 5) is 29.0. The van der Waals surface area contributed by atoms with Crippen molar-refractivity contribution in [1.82, 2.24) is 10.2 Å². The number of aryl methyl sites for hydroxylation is 1. The number of fused-ring (bicyclic) bond motifs is 1. The second-order valence-electron chi connectivity index (χ2n) is 9.14. The van der Waals surface area contributed by atoms with E-state index in [-0.39, 0.29) is 11.8 Å². The normalized spacial score (nSPS) is 11.7. The predicted molar refractivity (Wildman–Crippen MR) is 146 cm³/mol. The standard InChI is InChI=1S/C32H34N2O2/c1-2-22-33-32(36)30(23-25-12-5-3-6-13-25)34(24-26-14-7-4-8-15-26)31(35)21-20-28-18-11-17-27-16-9-10-19-29(27)28/h3-19,30H,2,20-24H2,1H3,(H,33,36)/t30-/m1/s1. The van der Waals surface area contributed by atoms with Gasteiger partial charge in [0.15, 0.2) is 0 Å². The average Bonchev–Trinajstić information content (AvgIpc) is 2.93. The fourth-order valence-corrected chi connectivity index (χ4v) is 4.60. The van der Waals surface area contributed by atoms with Crippen molar-refractivity contribution in [3.63, 3.8) is 0 Å². The molecule has 4 heteroatoms. The molecule has 0 saturated heterocycles. The highest BCUT2D eigenvalue weighted by Gasteiger charge is 2.30. The van der Waals surface area contributed by atoms with Crippen LogP contribution in [0.4, 0.5) is 0 Å². The maximum absolute atomic E-state index is 13.8. The van der Waals surface area contributed by atoms with Gasteiger partial charge in [-0.15, -0.1) is 0 Å². The number of hydrogen-bond donors (Lipinski definition) is 1. The largest absolute Gasteiger partial charge is 0.354 e. The molecule has 4 rings (SSSR count). The quantitative estimate of drug-likeness (QED) is 0.290. The van der Waals surface area contributed by atoms with Crippen LogP contribution in [-0.2, 0) is 29.0 Å². The number of nitrogens with one attached hydrogen (secondary N) is 1. The Balaban J connectivity index is 1.61. The lowest BCUT2D eigenvalue weighted by Crippen LogP contribution is -2.50. The van der Waals surface area contributed by atoms with Gasteiger partial charge in [0.1, 0.15) is 6.04 Å². The van der Waals surface area contributed by atoms with Crippen LogP contribution in [-0.4, -0.2) is 29.3 Å². The molecular formula is C32H34N2O2. The van der Waals surface area contributed by atoms with Gasteiger partial charge < -0.3 is 10.2 Å². The van der Waals surface area contributed by atoms with E-state index in [1.54, 1.807) is 4.90 Å². The Morgan fingerprint density at radius 2 is 1.42 bits per heavy atom. The monoisotopic (exact) mass is 478 g/mol. The smallest absolute Gasteiger partial charge is 0.243 e. The molecule has 184 valence electrons. The van der Waals surface area contributed by atoms with E-state index in [1.165, 1.54) is 10.8 Å². The van der Waals surface area contributed by atoms with Crippen molar-refractivity contribution >= 4 is 22.6 Å². The van der Waals surface area contributed by atoms with Crippen LogP contribution < -0.4 is 5.32 Å². The third-order valence-electron chi connectivity index (χ3n) is 6.50. The summed E-state index contributed by atoms with van der Waals surface area (Å²) in [7, 11) is 0. The molecule has 0 aliphatic carbocycles. The Bertz CT molecular complexity index is 1270. The van der Waals surface area contributed by atoms with E-state index < -0.39 is 6.04 Å². The molecule has 4 nitrogen and oxygen atoms in total. The Labute approximate surface area is 214 Å². The maximum atomic E-state index is 13.8. The third kappa shape index (κ3) is 6.60. The fourth-order valence-electron chi connectivity index (χ4n) is 4.60. The Morgan fingerprint density at radius 3 is 2.14 bits per heavy atom. The first-order chi connectivity index (χ1) is 17.7. The summed E-state index contributed by atoms with van der Waals surface area (Å²) < 4.78 is 0. The van der Waals surface area contributed by atoms with Gasteiger partial charge >= 0.3 is 0 Å². The minimum absolute atomic E-state index is 0.0145. The lowest BCUT2D eigenvalue weighted by atomic mass is 9.99. The van der Waals surface area contributed by atoms with Crippen LogP contribution in [0.2, 0.25) is 0 Å². The molecule has 0 bridgehead atoms. The SMILES string of the molecule is CCCNC(=O)[C@@H](Cc1ccccc1)N(Cc1ccccc1)C(=O)CCc1cccc2ccccc12. The van der Waals surface area contributed by atoms with E-state index in [4.69, 9.17) is 0 Å². The van der Waals surface area contributed by atoms with Gasteiger partial charge in [-0.3, -0.25) is 9.59 Å². The van der Waals surface area contributed by atoms with Gasteiger partial charge in [-0.2, -0.15) is 0 Å². The van der Waals surface area contributed by atoms with Gasteiger partial charge in [0, 0.05) is 25.9 Å². The number of amides is 2. The summed E-state index contributed by atoms with van der Waals surface area (Å²) in [6, 6.07) is 33.8. The first-order valence-corrected chi connectivity index (χ1v) is 12.8. The number of carbonyl (C=O) groups excluding carboxylic acids is 2. The molecule has 36 heavy (non-hydrogen) atoms. The highest BCUT2D eigenvalue weighted by Crippen LogP contribution is 2.21. The molecule has 4 aromatic carbocycles. The highest BCUT2D eigenvalue weighted by atomic mass is 16.2. The van der Waals surface area contributed by atoms with Crippen LogP contribution in [0.5, 0.6) is 0 Å². The molecule has 0 saturated carbocycles. The van der Waals surface area contributed by atoms with Crippen molar-refractivity contribution in [3.05, 3.63) is 120 Å². The van der Waals surface area contributed by atoms with Crippen LogP contribution in [0.3, 0.4) is 0 Å². The first kappa shape index (κ1) is 25.2. The van der Waals surface area contributed by atoms with Gasteiger partial charge in [-0.05, 0) is 40.3 Å². The molecule has 0 unspecified atom stereocenters. The summed E-state index contributed by atoms with van der Waals surface area (Å²) in [5.41, 5.74) is 3.20. The molecule has 0 aliphatic heterocycles. The lowest BCUT2D eigenvalue weighted by Gasteiger charge is -2.31.